The Hall–Kier alpha value is -5.92. The number of aliphatic carboxylic acids is 1. The molecule has 4 aromatic rings. The number of hydrogen-bond donors (Lipinski definition) is 2. The molecule has 0 unspecified atom stereocenters. The van der Waals surface area contributed by atoms with Crippen LogP contribution in [0.2, 0.25) is 0 Å². The third kappa shape index (κ3) is 12.1. The number of carboxylic acid groups (broad SMARTS) is 1. The summed E-state index contributed by atoms with van der Waals surface area (Å²) in [6.07, 6.45) is 0.0752. The average Bonchev–Trinajstić information content (AvgIpc) is 3.13. The van der Waals surface area contributed by atoms with Crippen LogP contribution in [0, 0.1) is 5.82 Å². The maximum Gasteiger partial charge on any atom is 0.416 e. The normalized spacial score (nSPS) is 11.1. The topological polar surface area (TPSA) is 131 Å². The first-order chi connectivity index (χ1) is 25.8. The number of nitrogens with zero attached hydrogens (tertiary/aromatic N) is 1. The van der Waals surface area contributed by atoms with Gasteiger partial charge < -0.3 is 29.5 Å². The van der Waals surface area contributed by atoms with Gasteiger partial charge in [-0.3, -0.25) is 14.4 Å². The van der Waals surface area contributed by atoms with Crippen LogP contribution in [0.25, 0.3) is 0 Å². The Kier molecular flexibility index (Phi) is 14.6. The van der Waals surface area contributed by atoms with Crippen molar-refractivity contribution in [2.45, 2.75) is 58.2 Å². The molecule has 2 amide bonds. The molecule has 0 saturated carbocycles. The monoisotopic (exact) mass is 752 g/mol. The van der Waals surface area contributed by atoms with Crippen LogP contribution in [0.3, 0.4) is 0 Å². The zero-order valence-corrected chi connectivity index (χ0v) is 29.7. The van der Waals surface area contributed by atoms with Crippen LogP contribution >= 0.6 is 0 Å². The van der Waals surface area contributed by atoms with Crippen molar-refractivity contribution in [3.8, 4) is 17.2 Å². The molecule has 4 aromatic carbocycles. The summed E-state index contributed by atoms with van der Waals surface area (Å²) in [5.41, 5.74) is -1.30. The number of nitrogens with one attached hydrogen (secondary N) is 1. The number of anilines is 1. The number of unbranched alkanes of at least 4 members (excludes halogenated alkanes) is 4. The first-order valence-electron chi connectivity index (χ1n) is 17.2. The zero-order chi connectivity index (χ0) is 39.3. The number of hydrogen-bond acceptors (Lipinski definition) is 7. The molecule has 10 nitrogen and oxygen atoms in total. The second-order valence-corrected chi connectivity index (χ2v) is 12.3. The second-order valence-electron chi connectivity index (χ2n) is 12.3. The van der Waals surface area contributed by atoms with Crippen molar-refractivity contribution >= 4 is 29.4 Å². The molecule has 0 bridgehead atoms. The summed E-state index contributed by atoms with van der Waals surface area (Å²) in [6.45, 7) is 1.80. The van der Waals surface area contributed by atoms with Crippen molar-refractivity contribution < 1.29 is 56.1 Å². The van der Waals surface area contributed by atoms with E-state index in [9.17, 15) is 37.5 Å². The van der Waals surface area contributed by atoms with Crippen LogP contribution in [-0.4, -0.2) is 54.0 Å². The highest BCUT2D eigenvalue weighted by Crippen LogP contribution is 2.35. The fourth-order valence-electron chi connectivity index (χ4n) is 5.39. The van der Waals surface area contributed by atoms with Gasteiger partial charge in [0.25, 0.3) is 5.91 Å². The van der Waals surface area contributed by atoms with E-state index in [-0.39, 0.29) is 29.2 Å². The van der Waals surface area contributed by atoms with Gasteiger partial charge in [0.1, 0.15) is 29.6 Å². The third-order valence-corrected chi connectivity index (χ3v) is 8.19. The van der Waals surface area contributed by atoms with Crippen molar-refractivity contribution in [2.75, 3.05) is 25.6 Å². The molecule has 54 heavy (non-hydrogen) atoms. The Balaban J connectivity index is 1.35. The lowest BCUT2D eigenvalue weighted by molar-refractivity contribution is -0.139. The van der Waals surface area contributed by atoms with Crippen LogP contribution in [0.15, 0.2) is 84.9 Å². The number of esters is 1. The number of alkyl halides is 3. The van der Waals surface area contributed by atoms with E-state index in [0.717, 1.165) is 48.1 Å². The summed E-state index contributed by atoms with van der Waals surface area (Å²) in [5, 5.41) is 11.7. The summed E-state index contributed by atoms with van der Waals surface area (Å²) >= 11 is 0. The number of rotatable bonds is 18. The van der Waals surface area contributed by atoms with Crippen LogP contribution in [0.4, 0.5) is 23.2 Å². The number of amides is 2. The quantitative estimate of drug-likeness (QED) is 0.0449. The van der Waals surface area contributed by atoms with Crippen molar-refractivity contribution in [2.24, 2.45) is 0 Å². The van der Waals surface area contributed by atoms with Crippen molar-refractivity contribution in [1.82, 2.24) is 4.90 Å². The van der Waals surface area contributed by atoms with Crippen LogP contribution < -0.4 is 19.5 Å². The minimum Gasteiger partial charge on any atom is -0.497 e. The number of benzene rings is 4. The van der Waals surface area contributed by atoms with E-state index < -0.39 is 60.0 Å². The van der Waals surface area contributed by atoms with Gasteiger partial charge in [-0.05, 0) is 84.3 Å². The third-order valence-electron chi connectivity index (χ3n) is 8.19. The largest absolute Gasteiger partial charge is 0.497 e. The van der Waals surface area contributed by atoms with Crippen LogP contribution in [0.5, 0.6) is 17.2 Å². The lowest BCUT2D eigenvalue weighted by Crippen LogP contribution is -2.35. The Labute approximate surface area is 309 Å². The van der Waals surface area contributed by atoms with E-state index in [1.54, 1.807) is 24.3 Å². The van der Waals surface area contributed by atoms with Crippen molar-refractivity contribution in [3.63, 3.8) is 0 Å². The lowest BCUT2D eigenvalue weighted by Gasteiger charge is -2.21. The fourth-order valence-corrected chi connectivity index (χ4v) is 5.39. The molecule has 0 heterocycles. The minimum absolute atomic E-state index is 0.0560. The summed E-state index contributed by atoms with van der Waals surface area (Å²) in [4.78, 5) is 51.2. The highest BCUT2D eigenvalue weighted by Gasteiger charge is 2.34. The van der Waals surface area contributed by atoms with E-state index in [4.69, 9.17) is 14.2 Å². The molecule has 0 aromatic heterocycles. The van der Waals surface area contributed by atoms with Gasteiger partial charge in [0.15, 0.2) is 0 Å². The van der Waals surface area contributed by atoms with Gasteiger partial charge in [0.2, 0.25) is 5.91 Å². The molecule has 286 valence electrons. The Morgan fingerprint density at radius 1 is 0.796 bits per heavy atom. The minimum atomic E-state index is -4.77. The summed E-state index contributed by atoms with van der Waals surface area (Å²) in [7, 11) is 1.20. The summed E-state index contributed by atoms with van der Waals surface area (Å²) in [6, 6.07) is 18.7. The van der Waals surface area contributed by atoms with Gasteiger partial charge in [-0.15, -0.1) is 0 Å². The summed E-state index contributed by atoms with van der Waals surface area (Å²) in [5.74, 6) is -4.01. The molecule has 2 N–H and O–H groups in total. The number of carbonyl (C=O) groups is 4. The maximum absolute atomic E-state index is 15.1. The van der Waals surface area contributed by atoms with E-state index in [0.29, 0.717) is 23.5 Å². The van der Waals surface area contributed by atoms with Gasteiger partial charge in [0, 0.05) is 12.1 Å². The summed E-state index contributed by atoms with van der Waals surface area (Å²) < 4.78 is 71.8. The Morgan fingerprint density at radius 2 is 1.44 bits per heavy atom. The molecule has 0 saturated heterocycles. The number of halogens is 4. The smallest absolute Gasteiger partial charge is 0.416 e. The molecule has 0 aliphatic heterocycles. The van der Waals surface area contributed by atoms with Gasteiger partial charge in [-0.1, -0.05) is 50.8 Å². The predicted molar refractivity (Wildman–Crippen MR) is 191 cm³/mol. The molecule has 4 rings (SSSR count). The van der Waals surface area contributed by atoms with Crippen LogP contribution in [-0.2, 0) is 28.7 Å². The fraction of sp³-hybridized carbons (Fsp3) is 0.300. The number of carbonyl (C=O) groups excluding carboxylic acids is 3. The van der Waals surface area contributed by atoms with E-state index in [1.807, 2.05) is 0 Å². The first-order valence-corrected chi connectivity index (χ1v) is 17.2. The molecular formula is C40H40F4N2O8. The molecule has 0 spiro atoms. The Morgan fingerprint density at radius 3 is 2.07 bits per heavy atom. The van der Waals surface area contributed by atoms with E-state index in [2.05, 4.69) is 12.2 Å². The Bertz CT molecular complexity index is 1910. The molecule has 0 radical (unpaired) electrons. The molecule has 0 fully saturated rings. The highest BCUT2D eigenvalue weighted by molar-refractivity contribution is 5.97. The zero-order valence-electron chi connectivity index (χ0n) is 29.7. The molecule has 0 aliphatic carbocycles. The molecular weight excluding hydrogens is 712 g/mol. The molecule has 0 aliphatic rings. The van der Waals surface area contributed by atoms with E-state index >= 15 is 4.39 Å². The van der Waals surface area contributed by atoms with E-state index in [1.165, 1.54) is 56.7 Å². The molecule has 14 heteroatoms. The van der Waals surface area contributed by atoms with Crippen LogP contribution in [0.1, 0.15) is 76.4 Å². The molecule has 0 atom stereocenters. The second kappa shape index (κ2) is 19.2. The van der Waals surface area contributed by atoms with Crippen molar-refractivity contribution in [3.05, 3.63) is 119 Å². The number of carboxylic acids is 1. The lowest BCUT2D eigenvalue weighted by atomic mass is 10.0. The van der Waals surface area contributed by atoms with Gasteiger partial charge in [-0.2, -0.15) is 13.2 Å². The highest BCUT2D eigenvalue weighted by atomic mass is 19.4. The van der Waals surface area contributed by atoms with Gasteiger partial charge in [0.05, 0.1) is 37.0 Å². The predicted octanol–water partition coefficient (Wildman–Crippen LogP) is 8.33. The standard InChI is InChI=1S/C40H40F4N2O8/c1-3-4-5-6-7-20-53-30-16-10-27(11-17-30)39(51)54-31-14-8-26(9-15-31)24-46(25-37(48)49)38(50)29-13-19-35(34(41)21-29)45-36(47)22-28-12-18-32(52-2)23-33(28)40(42,43)44/h8-19,21,23H,3-7,20,22,24-25H2,1-2H3,(H,45,47)(H,48,49). The number of ether oxygens (including phenoxy) is 3. The van der Waals surface area contributed by atoms with Gasteiger partial charge in [-0.25, -0.2) is 9.18 Å². The SMILES string of the molecule is CCCCCCCOc1ccc(C(=O)Oc2ccc(CN(CC(=O)O)C(=O)c3ccc(NC(=O)Cc4ccc(OC)cc4C(F)(F)F)c(F)c3)cc2)cc1. The van der Waals surface area contributed by atoms with Gasteiger partial charge >= 0.3 is 18.1 Å². The first kappa shape index (κ1) is 40.8. The van der Waals surface area contributed by atoms with Crippen molar-refractivity contribution in [1.29, 1.82) is 0 Å². The number of methoxy groups -OCH3 is 1. The average molecular weight is 753 g/mol. The maximum atomic E-state index is 15.1.